The third-order valence-electron chi connectivity index (χ3n) is 2.15. The first-order chi connectivity index (χ1) is 7.36. The third-order valence-corrected chi connectivity index (χ3v) is 2.97. The average molecular weight is 217 g/mol. The Hall–Kier alpha value is -1.48. The number of ketones is 1. The summed E-state index contributed by atoms with van der Waals surface area (Å²) in [5.74, 6) is 0.133. The number of nitrogens with zero attached hydrogens (tertiary/aromatic N) is 1. The molecule has 0 spiro atoms. The highest BCUT2D eigenvalue weighted by molar-refractivity contribution is 7.11. The largest absolute Gasteiger partial charge is 0.292 e. The Morgan fingerprint density at radius 3 is 2.73 bits per heavy atom. The summed E-state index contributed by atoms with van der Waals surface area (Å²) in [6.07, 6.45) is 3.00. The minimum atomic E-state index is 0.133. The van der Waals surface area contributed by atoms with Crippen LogP contribution in [0.3, 0.4) is 0 Å². The summed E-state index contributed by atoms with van der Waals surface area (Å²) in [5, 5.41) is 2.45. The van der Waals surface area contributed by atoms with E-state index in [0.29, 0.717) is 11.4 Å². The molecule has 2 rings (SSSR count). The Bertz CT molecular complexity index is 422. The molecule has 0 saturated heterocycles. The van der Waals surface area contributed by atoms with Crippen LogP contribution in [0.15, 0.2) is 41.9 Å². The molecule has 0 aliphatic carbocycles. The lowest BCUT2D eigenvalue weighted by molar-refractivity contribution is 0.0982. The predicted octanol–water partition coefficient (Wildman–Crippen LogP) is 2.96. The van der Waals surface area contributed by atoms with Crippen molar-refractivity contribution < 1.29 is 4.79 Å². The smallest absolute Gasteiger partial charge is 0.191 e. The number of benzene rings is 1. The number of hydrogen-bond donors (Lipinski definition) is 0. The van der Waals surface area contributed by atoms with Gasteiger partial charge in [0.1, 0.15) is 0 Å². The fourth-order valence-corrected chi connectivity index (χ4v) is 1.98. The van der Waals surface area contributed by atoms with Crippen LogP contribution in [0.1, 0.15) is 21.8 Å². The summed E-state index contributed by atoms with van der Waals surface area (Å²) in [6.45, 7) is 0. The van der Waals surface area contributed by atoms with E-state index in [2.05, 4.69) is 4.98 Å². The van der Waals surface area contributed by atoms with Gasteiger partial charge in [0.25, 0.3) is 0 Å². The summed E-state index contributed by atoms with van der Waals surface area (Å²) < 4.78 is 0. The maximum atomic E-state index is 11.6. The van der Waals surface area contributed by atoms with Crippen LogP contribution in [0.4, 0.5) is 0 Å². The molecule has 0 radical (unpaired) electrons. The minimum absolute atomic E-state index is 0.133. The lowest BCUT2D eigenvalue weighted by atomic mass is 10.1. The molecule has 0 amide bonds. The van der Waals surface area contributed by atoms with Crippen molar-refractivity contribution in [1.29, 1.82) is 0 Å². The van der Waals surface area contributed by atoms with E-state index in [4.69, 9.17) is 0 Å². The van der Waals surface area contributed by atoms with Crippen LogP contribution < -0.4 is 0 Å². The van der Waals surface area contributed by atoms with E-state index in [0.717, 1.165) is 6.42 Å². The second-order valence-electron chi connectivity index (χ2n) is 3.25. The highest BCUT2D eigenvalue weighted by atomic mass is 32.1. The molecule has 0 saturated carbocycles. The standard InChI is InChI=1S/C12H11NOS/c14-11(12-13-8-9-15-12)7-6-10-4-2-1-3-5-10/h1-5,8-9H,6-7H2. The van der Waals surface area contributed by atoms with Gasteiger partial charge in [0.05, 0.1) is 0 Å². The highest BCUT2D eigenvalue weighted by Crippen LogP contribution is 2.10. The zero-order chi connectivity index (χ0) is 10.5. The molecule has 0 aliphatic rings. The first-order valence-corrected chi connectivity index (χ1v) is 5.71. The SMILES string of the molecule is O=C(CCc1ccccc1)c1nccs1. The molecule has 0 atom stereocenters. The molecule has 3 heteroatoms. The van der Waals surface area contributed by atoms with Gasteiger partial charge < -0.3 is 0 Å². The molecule has 1 aromatic carbocycles. The summed E-state index contributed by atoms with van der Waals surface area (Å²) in [6, 6.07) is 10.0. The quantitative estimate of drug-likeness (QED) is 0.737. The van der Waals surface area contributed by atoms with Gasteiger partial charge in [-0.1, -0.05) is 30.3 Å². The van der Waals surface area contributed by atoms with Gasteiger partial charge in [-0.05, 0) is 12.0 Å². The fourth-order valence-electron chi connectivity index (χ4n) is 1.37. The Morgan fingerprint density at radius 1 is 1.27 bits per heavy atom. The number of thiazole rings is 1. The van der Waals surface area contributed by atoms with E-state index in [9.17, 15) is 4.79 Å². The van der Waals surface area contributed by atoms with Gasteiger partial charge in [-0.3, -0.25) is 4.79 Å². The van der Waals surface area contributed by atoms with Gasteiger partial charge in [-0.25, -0.2) is 4.98 Å². The van der Waals surface area contributed by atoms with Crippen molar-refractivity contribution in [3.8, 4) is 0 Å². The van der Waals surface area contributed by atoms with Crippen LogP contribution in [-0.2, 0) is 6.42 Å². The Labute approximate surface area is 92.6 Å². The molecule has 1 heterocycles. The monoisotopic (exact) mass is 217 g/mol. The van der Waals surface area contributed by atoms with Crippen molar-refractivity contribution in [3.63, 3.8) is 0 Å². The number of aromatic nitrogens is 1. The van der Waals surface area contributed by atoms with E-state index in [1.54, 1.807) is 6.20 Å². The molecule has 2 nitrogen and oxygen atoms in total. The zero-order valence-electron chi connectivity index (χ0n) is 8.22. The van der Waals surface area contributed by atoms with Gasteiger partial charge in [0.15, 0.2) is 10.8 Å². The normalized spacial score (nSPS) is 10.1. The fraction of sp³-hybridized carbons (Fsp3) is 0.167. The van der Waals surface area contributed by atoms with Crippen LogP contribution in [0.5, 0.6) is 0 Å². The van der Waals surface area contributed by atoms with E-state index in [1.165, 1.54) is 16.9 Å². The lowest BCUT2D eigenvalue weighted by Crippen LogP contribution is -2.00. The highest BCUT2D eigenvalue weighted by Gasteiger charge is 2.07. The average Bonchev–Trinajstić information content (AvgIpc) is 2.81. The van der Waals surface area contributed by atoms with Crippen molar-refractivity contribution in [2.24, 2.45) is 0 Å². The molecule has 0 fully saturated rings. The maximum Gasteiger partial charge on any atom is 0.191 e. The van der Waals surface area contributed by atoms with Gasteiger partial charge in [0, 0.05) is 18.0 Å². The minimum Gasteiger partial charge on any atom is -0.292 e. The molecule has 0 N–H and O–H groups in total. The summed E-state index contributed by atoms with van der Waals surface area (Å²) in [5.41, 5.74) is 1.20. The van der Waals surface area contributed by atoms with Crippen molar-refractivity contribution >= 4 is 17.1 Å². The molecule has 0 unspecified atom stereocenters. The van der Waals surface area contributed by atoms with Crippen molar-refractivity contribution in [1.82, 2.24) is 4.98 Å². The molecule has 76 valence electrons. The molecule has 15 heavy (non-hydrogen) atoms. The molecular weight excluding hydrogens is 206 g/mol. The van der Waals surface area contributed by atoms with Gasteiger partial charge in [-0.15, -0.1) is 11.3 Å². The maximum absolute atomic E-state index is 11.6. The molecule has 2 aromatic rings. The number of Topliss-reactive ketones (excluding diaryl/α,β-unsaturated/α-hetero) is 1. The van der Waals surface area contributed by atoms with Crippen molar-refractivity contribution in [3.05, 3.63) is 52.5 Å². The summed E-state index contributed by atoms with van der Waals surface area (Å²) in [4.78, 5) is 15.6. The number of hydrogen-bond acceptors (Lipinski definition) is 3. The van der Waals surface area contributed by atoms with Crippen LogP contribution in [-0.4, -0.2) is 10.8 Å². The predicted molar refractivity (Wildman–Crippen MR) is 61.2 cm³/mol. The number of carbonyl (C=O) groups excluding carboxylic acids is 1. The molecular formula is C12H11NOS. The second-order valence-corrected chi connectivity index (χ2v) is 4.14. The zero-order valence-corrected chi connectivity index (χ0v) is 9.04. The molecule has 0 aliphatic heterocycles. The molecule has 1 aromatic heterocycles. The Balaban J connectivity index is 1.92. The van der Waals surface area contributed by atoms with E-state index >= 15 is 0 Å². The Kier molecular flexibility index (Phi) is 3.25. The third kappa shape index (κ3) is 2.73. The van der Waals surface area contributed by atoms with Crippen LogP contribution in [0.25, 0.3) is 0 Å². The topological polar surface area (TPSA) is 30.0 Å². The van der Waals surface area contributed by atoms with Gasteiger partial charge in [0.2, 0.25) is 0 Å². The van der Waals surface area contributed by atoms with Crippen molar-refractivity contribution in [2.75, 3.05) is 0 Å². The lowest BCUT2D eigenvalue weighted by Gasteiger charge is -1.98. The second kappa shape index (κ2) is 4.84. The van der Waals surface area contributed by atoms with Gasteiger partial charge in [-0.2, -0.15) is 0 Å². The number of aryl methyl sites for hydroxylation is 1. The van der Waals surface area contributed by atoms with Gasteiger partial charge >= 0.3 is 0 Å². The van der Waals surface area contributed by atoms with E-state index in [1.807, 2.05) is 35.7 Å². The Morgan fingerprint density at radius 2 is 2.07 bits per heavy atom. The van der Waals surface area contributed by atoms with E-state index in [-0.39, 0.29) is 5.78 Å². The number of carbonyl (C=O) groups is 1. The van der Waals surface area contributed by atoms with Crippen molar-refractivity contribution in [2.45, 2.75) is 12.8 Å². The molecule has 0 bridgehead atoms. The number of rotatable bonds is 4. The van der Waals surface area contributed by atoms with E-state index < -0.39 is 0 Å². The summed E-state index contributed by atoms with van der Waals surface area (Å²) in [7, 11) is 0. The van der Waals surface area contributed by atoms with Crippen LogP contribution in [0.2, 0.25) is 0 Å². The summed E-state index contributed by atoms with van der Waals surface area (Å²) >= 11 is 1.41. The van der Waals surface area contributed by atoms with Crippen LogP contribution >= 0.6 is 11.3 Å². The van der Waals surface area contributed by atoms with Crippen LogP contribution in [0, 0.1) is 0 Å². The first-order valence-electron chi connectivity index (χ1n) is 4.83. The first kappa shape index (κ1) is 10.1.